The van der Waals surface area contributed by atoms with Gasteiger partial charge in [-0.05, 0) is 0 Å². The van der Waals surface area contributed by atoms with Gasteiger partial charge in [-0.1, -0.05) is 15.9 Å². The van der Waals surface area contributed by atoms with E-state index < -0.39 is 36.2 Å². The van der Waals surface area contributed by atoms with Crippen molar-refractivity contribution in [1.82, 2.24) is 0 Å². The molecular weight excluding hydrogens is 260 g/mol. The summed E-state index contributed by atoms with van der Waals surface area (Å²) in [5, 5.41) is 26.1. The van der Waals surface area contributed by atoms with Gasteiger partial charge in [-0.25, -0.2) is 4.79 Å². The van der Waals surface area contributed by atoms with Crippen LogP contribution in [0.15, 0.2) is 0 Å². The molecule has 0 aromatic heterocycles. The molecule has 0 radical (unpaired) electrons. The summed E-state index contributed by atoms with van der Waals surface area (Å²) in [6.45, 7) is 0. The molecule has 0 rings (SSSR count). The molecule has 6 nitrogen and oxygen atoms in total. The van der Waals surface area contributed by atoms with Gasteiger partial charge in [0.25, 0.3) is 0 Å². The van der Waals surface area contributed by atoms with Gasteiger partial charge < -0.3 is 15.3 Å². The van der Waals surface area contributed by atoms with Gasteiger partial charge in [0.15, 0.2) is 5.78 Å². The van der Waals surface area contributed by atoms with E-state index in [0.717, 1.165) is 0 Å². The van der Waals surface area contributed by atoms with Crippen LogP contribution < -0.4 is 0 Å². The minimum Gasteiger partial charge on any atom is -0.475 e. The fourth-order valence-electron chi connectivity index (χ4n) is 0.637. The highest BCUT2D eigenvalue weighted by Crippen LogP contribution is 2.02. The fourth-order valence-corrected chi connectivity index (χ4v) is 0.991. The van der Waals surface area contributed by atoms with Gasteiger partial charge in [-0.3, -0.25) is 9.59 Å². The Hall–Kier alpha value is -0.790. The molecule has 7 heteroatoms. The molecule has 0 saturated carbocycles. The average Bonchev–Trinajstić information content (AvgIpc) is 2.14. The van der Waals surface area contributed by atoms with Gasteiger partial charge in [-0.15, -0.1) is 0 Å². The van der Waals surface area contributed by atoms with Gasteiger partial charge >= 0.3 is 5.97 Å². The molecule has 3 N–H and O–H groups in total. The first-order chi connectivity index (χ1) is 6.40. The molecule has 0 bridgehead atoms. The summed E-state index contributed by atoms with van der Waals surface area (Å²) in [5.41, 5.74) is 0. The lowest BCUT2D eigenvalue weighted by Crippen LogP contribution is -2.36. The second-order valence-corrected chi connectivity index (χ2v) is 3.19. The lowest BCUT2D eigenvalue weighted by atomic mass is 10.1. The lowest BCUT2D eigenvalue weighted by molar-refractivity contribution is -0.151. The van der Waals surface area contributed by atoms with Gasteiger partial charge in [0.2, 0.25) is 5.78 Å². The van der Waals surface area contributed by atoms with Gasteiger partial charge in [-0.2, -0.15) is 0 Å². The van der Waals surface area contributed by atoms with Crippen LogP contribution in [-0.4, -0.2) is 50.4 Å². The number of aliphatic carboxylic acids is 1. The molecule has 0 heterocycles. The highest BCUT2D eigenvalue weighted by Gasteiger charge is 2.27. The molecule has 0 aliphatic heterocycles. The molecule has 14 heavy (non-hydrogen) atoms. The lowest BCUT2D eigenvalue weighted by Gasteiger charge is -2.12. The van der Waals surface area contributed by atoms with E-state index in [1.165, 1.54) is 0 Å². The molecule has 0 fully saturated rings. The number of halogens is 1. The second-order valence-electron chi connectivity index (χ2n) is 2.54. The van der Waals surface area contributed by atoms with Crippen molar-refractivity contribution in [1.29, 1.82) is 0 Å². The Morgan fingerprint density at radius 3 is 2.07 bits per heavy atom. The highest BCUT2D eigenvalue weighted by molar-refractivity contribution is 9.09. The molecule has 0 saturated heterocycles. The first-order valence-corrected chi connectivity index (χ1v) is 4.73. The van der Waals surface area contributed by atoms with Gasteiger partial charge in [0.1, 0.15) is 6.10 Å². The molecule has 80 valence electrons. The molecule has 0 aromatic rings. The van der Waals surface area contributed by atoms with E-state index in [9.17, 15) is 14.4 Å². The number of carboxylic acids is 1. The van der Waals surface area contributed by atoms with Crippen molar-refractivity contribution in [3.8, 4) is 0 Å². The van der Waals surface area contributed by atoms with Crippen LogP contribution in [0.4, 0.5) is 0 Å². The molecule has 0 spiro atoms. The molecule has 0 aromatic carbocycles. The number of carboxylic acid groups (broad SMARTS) is 1. The van der Waals surface area contributed by atoms with Gasteiger partial charge in [0.05, 0.1) is 12.5 Å². The standard InChI is InChI=1S/C7H9BrO6/c8-2-5(11)6(12)3(9)1-4(10)7(13)14/h5-6,11-12H,1-2H2,(H,13,14). The SMILES string of the molecule is O=C(O)C(=O)CC(=O)C(O)C(O)CBr. The molecular formula is C7H9BrO6. The van der Waals surface area contributed by atoms with Crippen LogP contribution in [-0.2, 0) is 14.4 Å². The second kappa shape index (κ2) is 5.84. The molecule has 2 atom stereocenters. The minimum atomic E-state index is -1.74. The van der Waals surface area contributed by atoms with E-state index in [4.69, 9.17) is 15.3 Å². The van der Waals surface area contributed by atoms with E-state index in [1.54, 1.807) is 0 Å². The number of alkyl halides is 1. The Labute approximate surface area is 87.7 Å². The summed E-state index contributed by atoms with van der Waals surface area (Å²) in [7, 11) is 0. The average molecular weight is 269 g/mol. The molecule has 2 unspecified atom stereocenters. The number of hydrogen-bond donors (Lipinski definition) is 3. The number of Topliss-reactive ketones (excluding diaryl/α,β-unsaturated/α-hetero) is 2. The van der Waals surface area contributed by atoms with Crippen LogP contribution >= 0.6 is 15.9 Å². The quantitative estimate of drug-likeness (QED) is 0.314. The van der Waals surface area contributed by atoms with Crippen LogP contribution in [0.2, 0.25) is 0 Å². The summed E-state index contributed by atoms with van der Waals surface area (Å²) in [5.74, 6) is -4.06. The summed E-state index contributed by atoms with van der Waals surface area (Å²) in [6.07, 6.45) is -4.00. The van der Waals surface area contributed by atoms with Crippen molar-refractivity contribution in [3.63, 3.8) is 0 Å². The normalized spacial score (nSPS) is 14.5. The first-order valence-electron chi connectivity index (χ1n) is 3.61. The largest absolute Gasteiger partial charge is 0.475 e. The predicted molar refractivity (Wildman–Crippen MR) is 48.1 cm³/mol. The molecule has 0 amide bonds. The van der Waals surface area contributed by atoms with Gasteiger partial charge in [0, 0.05) is 5.33 Å². The number of ketones is 2. The first kappa shape index (κ1) is 13.2. The Balaban J connectivity index is 4.21. The Morgan fingerprint density at radius 1 is 1.21 bits per heavy atom. The zero-order chi connectivity index (χ0) is 11.3. The summed E-state index contributed by atoms with van der Waals surface area (Å²) in [6, 6.07) is 0. The van der Waals surface area contributed by atoms with Crippen LogP contribution in [0.1, 0.15) is 6.42 Å². The van der Waals surface area contributed by atoms with Crippen molar-refractivity contribution >= 4 is 33.5 Å². The van der Waals surface area contributed by atoms with E-state index in [-0.39, 0.29) is 5.33 Å². The number of aliphatic hydroxyl groups excluding tert-OH is 2. The maximum atomic E-state index is 10.9. The highest BCUT2D eigenvalue weighted by atomic mass is 79.9. The Kier molecular flexibility index (Phi) is 5.51. The van der Waals surface area contributed by atoms with E-state index in [0.29, 0.717) is 0 Å². The van der Waals surface area contributed by atoms with Crippen LogP contribution in [0, 0.1) is 0 Å². The van der Waals surface area contributed by atoms with Crippen molar-refractivity contribution < 1.29 is 29.7 Å². The van der Waals surface area contributed by atoms with Crippen molar-refractivity contribution in [2.75, 3.05) is 5.33 Å². The maximum absolute atomic E-state index is 10.9. The van der Waals surface area contributed by atoms with Crippen molar-refractivity contribution in [2.45, 2.75) is 18.6 Å². The van der Waals surface area contributed by atoms with Crippen LogP contribution in [0.3, 0.4) is 0 Å². The third kappa shape index (κ3) is 3.95. The maximum Gasteiger partial charge on any atom is 0.372 e. The van der Waals surface area contributed by atoms with Crippen molar-refractivity contribution in [3.05, 3.63) is 0 Å². The van der Waals surface area contributed by atoms with E-state index >= 15 is 0 Å². The third-order valence-corrected chi connectivity index (χ3v) is 2.09. The molecule has 0 aliphatic rings. The smallest absolute Gasteiger partial charge is 0.372 e. The number of carbonyl (C=O) groups excluding carboxylic acids is 2. The monoisotopic (exact) mass is 268 g/mol. The van der Waals surface area contributed by atoms with E-state index in [1.807, 2.05) is 0 Å². The number of carbonyl (C=O) groups is 3. The summed E-state index contributed by atoms with van der Waals surface area (Å²) in [4.78, 5) is 31.5. The number of rotatable bonds is 6. The Bertz CT molecular complexity index is 251. The van der Waals surface area contributed by atoms with E-state index in [2.05, 4.69) is 15.9 Å². The predicted octanol–water partition coefficient (Wildman–Crippen LogP) is -1.28. The minimum absolute atomic E-state index is 0.0405. The topological polar surface area (TPSA) is 112 Å². The number of aliphatic hydroxyl groups is 2. The summed E-state index contributed by atoms with van der Waals surface area (Å²) < 4.78 is 0. The third-order valence-electron chi connectivity index (χ3n) is 1.43. The van der Waals surface area contributed by atoms with Crippen LogP contribution in [0.25, 0.3) is 0 Å². The molecule has 0 aliphatic carbocycles. The number of hydrogen-bond acceptors (Lipinski definition) is 5. The zero-order valence-electron chi connectivity index (χ0n) is 7.01. The van der Waals surface area contributed by atoms with Crippen molar-refractivity contribution in [2.24, 2.45) is 0 Å². The van der Waals surface area contributed by atoms with Crippen LogP contribution in [0.5, 0.6) is 0 Å². The Morgan fingerprint density at radius 2 is 1.71 bits per heavy atom. The summed E-state index contributed by atoms with van der Waals surface area (Å²) >= 11 is 2.82. The fraction of sp³-hybridized carbons (Fsp3) is 0.571. The zero-order valence-corrected chi connectivity index (χ0v) is 8.60.